The number of benzene rings is 1. The van der Waals surface area contributed by atoms with Crippen LogP contribution in [-0.2, 0) is 11.3 Å². The predicted octanol–water partition coefficient (Wildman–Crippen LogP) is 1.97. The van der Waals surface area contributed by atoms with E-state index in [9.17, 15) is 4.79 Å². The van der Waals surface area contributed by atoms with Crippen molar-refractivity contribution in [1.82, 2.24) is 5.32 Å². The second-order valence-electron chi connectivity index (χ2n) is 3.07. The van der Waals surface area contributed by atoms with Crippen LogP contribution in [-0.4, -0.2) is 19.7 Å². The van der Waals surface area contributed by atoms with Crippen LogP contribution in [0.3, 0.4) is 0 Å². The van der Waals surface area contributed by atoms with Crippen molar-refractivity contribution < 1.29 is 9.53 Å². The van der Waals surface area contributed by atoms with E-state index in [-0.39, 0.29) is 0 Å². The van der Waals surface area contributed by atoms with Gasteiger partial charge in [-0.2, -0.15) is 0 Å². The van der Waals surface area contributed by atoms with E-state index in [1.54, 1.807) is 6.92 Å². The maximum atomic E-state index is 11.1. The molecule has 1 aromatic rings. The Kier molecular flexibility index (Phi) is 4.63. The summed E-state index contributed by atoms with van der Waals surface area (Å²) in [6.07, 6.45) is -0.418. The van der Waals surface area contributed by atoms with Crippen molar-refractivity contribution in [2.24, 2.45) is 0 Å². The Bertz CT molecular complexity index is 309. The van der Waals surface area contributed by atoms with E-state index in [0.717, 1.165) is 12.2 Å². The van der Waals surface area contributed by atoms with E-state index in [2.05, 4.69) is 10.6 Å². The SMILES string of the molecule is CCOC(=O)Nc1ccc(CNC)cc1. The Hall–Kier alpha value is -1.55. The molecule has 0 aromatic heterocycles. The Morgan fingerprint density at radius 2 is 2.00 bits per heavy atom. The van der Waals surface area contributed by atoms with Gasteiger partial charge in [-0.25, -0.2) is 4.79 Å². The molecule has 0 radical (unpaired) electrons. The third kappa shape index (κ3) is 3.99. The van der Waals surface area contributed by atoms with Crippen LogP contribution >= 0.6 is 0 Å². The monoisotopic (exact) mass is 208 g/mol. The van der Waals surface area contributed by atoms with Crippen molar-refractivity contribution in [2.45, 2.75) is 13.5 Å². The summed E-state index contributed by atoms with van der Waals surface area (Å²) in [7, 11) is 1.89. The van der Waals surface area contributed by atoms with Crippen LogP contribution in [0, 0.1) is 0 Å². The van der Waals surface area contributed by atoms with E-state index in [1.807, 2.05) is 31.3 Å². The van der Waals surface area contributed by atoms with E-state index in [0.29, 0.717) is 6.61 Å². The molecule has 4 heteroatoms. The van der Waals surface area contributed by atoms with Gasteiger partial charge >= 0.3 is 6.09 Å². The number of carbonyl (C=O) groups excluding carboxylic acids is 1. The maximum Gasteiger partial charge on any atom is 0.411 e. The van der Waals surface area contributed by atoms with Crippen LogP contribution in [0.2, 0.25) is 0 Å². The van der Waals surface area contributed by atoms with Crippen LogP contribution in [0.25, 0.3) is 0 Å². The normalized spacial score (nSPS) is 9.73. The fourth-order valence-corrected chi connectivity index (χ4v) is 1.20. The molecule has 1 aromatic carbocycles. The number of hydrogen-bond acceptors (Lipinski definition) is 3. The van der Waals surface area contributed by atoms with E-state index < -0.39 is 6.09 Å². The van der Waals surface area contributed by atoms with Gasteiger partial charge in [0.05, 0.1) is 6.61 Å². The number of amides is 1. The highest BCUT2D eigenvalue weighted by atomic mass is 16.5. The molecule has 0 saturated heterocycles. The Morgan fingerprint density at radius 1 is 1.33 bits per heavy atom. The first-order valence-electron chi connectivity index (χ1n) is 4.93. The maximum absolute atomic E-state index is 11.1. The Balaban J connectivity index is 2.52. The average molecular weight is 208 g/mol. The Morgan fingerprint density at radius 3 is 2.53 bits per heavy atom. The molecule has 82 valence electrons. The van der Waals surface area contributed by atoms with Crippen LogP contribution < -0.4 is 10.6 Å². The van der Waals surface area contributed by atoms with Gasteiger partial charge in [0.25, 0.3) is 0 Å². The number of anilines is 1. The summed E-state index contributed by atoms with van der Waals surface area (Å²) in [6.45, 7) is 2.97. The third-order valence-corrected chi connectivity index (χ3v) is 1.86. The van der Waals surface area contributed by atoms with Gasteiger partial charge in [0, 0.05) is 12.2 Å². The van der Waals surface area contributed by atoms with Crippen LogP contribution in [0.1, 0.15) is 12.5 Å². The van der Waals surface area contributed by atoms with E-state index in [4.69, 9.17) is 4.74 Å². The topological polar surface area (TPSA) is 50.4 Å². The third-order valence-electron chi connectivity index (χ3n) is 1.86. The largest absolute Gasteiger partial charge is 0.450 e. The molecular weight excluding hydrogens is 192 g/mol. The highest BCUT2D eigenvalue weighted by Crippen LogP contribution is 2.09. The van der Waals surface area contributed by atoms with Crippen molar-refractivity contribution >= 4 is 11.8 Å². The molecule has 1 amide bonds. The lowest BCUT2D eigenvalue weighted by molar-refractivity contribution is 0.168. The van der Waals surface area contributed by atoms with E-state index >= 15 is 0 Å². The lowest BCUT2D eigenvalue weighted by Gasteiger charge is -2.06. The molecule has 15 heavy (non-hydrogen) atoms. The first-order valence-corrected chi connectivity index (χ1v) is 4.93. The number of carbonyl (C=O) groups is 1. The molecule has 0 spiro atoms. The standard InChI is InChI=1S/C11H16N2O2/c1-3-15-11(14)13-10-6-4-9(5-7-10)8-12-2/h4-7,12H,3,8H2,1-2H3,(H,13,14). The summed E-state index contributed by atoms with van der Waals surface area (Å²) in [6, 6.07) is 7.61. The van der Waals surface area contributed by atoms with Gasteiger partial charge in [-0.3, -0.25) is 5.32 Å². The molecule has 0 atom stereocenters. The number of rotatable bonds is 4. The molecule has 0 unspecified atom stereocenters. The minimum Gasteiger partial charge on any atom is -0.450 e. The summed E-state index contributed by atoms with van der Waals surface area (Å²) in [5.41, 5.74) is 1.92. The zero-order valence-electron chi connectivity index (χ0n) is 9.04. The Labute approximate surface area is 89.6 Å². The van der Waals surface area contributed by atoms with Gasteiger partial charge < -0.3 is 10.1 Å². The summed E-state index contributed by atoms with van der Waals surface area (Å²) in [5, 5.41) is 5.68. The number of hydrogen-bond donors (Lipinski definition) is 2. The van der Waals surface area contributed by atoms with Gasteiger partial charge in [-0.05, 0) is 31.7 Å². The minimum absolute atomic E-state index is 0.379. The summed E-state index contributed by atoms with van der Waals surface area (Å²) >= 11 is 0. The van der Waals surface area contributed by atoms with Crippen molar-refractivity contribution in [3.05, 3.63) is 29.8 Å². The lowest BCUT2D eigenvalue weighted by atomic mass is 10.2. The molecule has 0 fully saturated rings. The van der Waals surface area contributed by atoms with E-state index in [1.165, 1.54) is 5.56 Å². The van der Waals surface area contributed by atoms with Gasteiger partial charge in [-0.15, -0.1) is 0 Å². The van der Waals surface area contributed by atoms with Gasteiger partial charge in [0.2, 0.25) is 0 Å². The second kappa shape index (κ2) is 6.03. The lowest BCUT2D eigenvalue weighted by Crippen LogP contribution is -2.13. The fraction of sp³-hybridized carbons (Fsp3) is 0.364. The molecule has 0 aliphatic heterocycles. The number of ether oxygens (including phenoxy) is 1. The first kappa shape index (κ1) is 11.5. The highest BCUT2D eigenvalue weighted by molar-refractivity contribution is 5.84. The highest BCUT2D eigenvalue weighted by Gasteiger charge is 2.00. The van der Waals surface area contributed by atoms with Gasteiger partial charge in [0.15, 0.2) is 0 Å². The summed E-state index contributed by atoms with van der Waals surface area (Å²) in [4.78, 5) is 11.1. The smallest absolute Gasteiger partial charge is 0.411 e. The minimum atomic E-state index is -0.418. The molecule has 4 nitrogen and oxygen atoms in total. The molecule has 0 aliphatic rings. The molecular formula is C11H16N2O2. The molecule has 0 aliphatic carbocycles. The van der Waals surface area contributed by atoms with Crippen molar-refractivity contribution in [2.75, 3.05) is 19.0 Å². The molecule has 0 bridgehead atoms. The van der Waals surface area contributed by atoms with Crippen molar-refractivity contribution in [3.63, 3.8) is 0 Å². The quantitative estimate of drug-likeness (QED) is 0.795. The zero-order chi connectivity index (χ0) is 11.1. The molecule has 1 rings (SSSR count). The van der Waals surface area contributed by atoms with Gasteiger partial charge in [-0.1, -0.05) is 12.1 Å². The number of nitrogens with one attached hydrogen (secondary N) is 2. The van der Waals surface area contributed by atoms with Crippen molar-refractivity contribution in [3.8, 4) is 0 Å². The summed E-state index contributed by atoms with van der Waals surface area (Å²) in [5.74, 6) is 0. The molecule has 0 saturated carbocycles. The fourth-order valence-electron chi connectivity index (χ4n) is 1.20. The van der Waals surface area contributed by atoms with Crippen LogP contribution in [0.5, 0.6) is 0 Å². The van der Waals surface area contributed by atoms with Gasteiger partial charge in [0.1, 0.15) is 0 Å². The predicted molar refractivity (Wildman–Crippen MR) is 59.9 cm³/mol. The average Bonchev–Trinajstić information content (AvgIpc) is 2.22. The summed E-state index contributed by atoms with van der Waals surface area (Å²) < 4.78 is 4.76. The second-order valence-corrected chi connectivity index (χ2v) is 3.07. The molecule has 2 N–H and O–H groups in total. The molecule has 0 heterocycles. The van der Waals surface area contributed by atoms with Crippen molar-refractivity contribution in [1.29, 1.82) is 0 Å². The first-order chi connectivity index (χ1) is 7.26. The zero-order valence-corrected chi connectivity index (χ0v) is 9.04. The van der Waals surface area contributed by atoms with Crippen LogP contribution in [0.15, 0.2) is 24.3 Å². The van der Waals surface area contributed by atoms with Crippen LogP contribution in [0.4, 0.5) is 10.5 Å².